The highest BCUT2D eigenvalue weighted by Crippen LogP contribution is 2.31. The monoisotopic (exact) mass is 402 g/mol. The van der Waals surface area contributed by atoms with E-state index in [4.69, 9.17) is 9.47 Å². The molecule has 1 N–H and O–H groups in total. The van der Waals surface area contributed by atoms with Gasteiger partial charge in [0.05, 0.1) is 10.8 Å². The third kappa shape index (κ3) is 5.11. The average molecular weight is 403 g/mol. The quantitative estimate of drug-likeness (QED) is 0.755. The summed E-state index contributed by atoms with van der Waals surface area (Å²) in [5.41, 5.74) is 0. The van der Waals surface area contributed by atoms with Crippen molar-refractivity contribution in [2.75, 3.05) is 38.6 Å². The van der Waals surface area contributed by atoms with E-state index in [9.17, 15) is 9.00 Å². The molecule has 2 atom stereocenters. The number of nitrogens with zero attached hydrogens (tertiary/aromatic N) is 1. The summed E-state index contributed by atoms with van der Waals surface area (Å²) < 4.78 is 23.6. The zero-order chi connectivity index (χ0) is 17.6. The van der Waals surface area contributed by atoms with Crippen LogP contribution in [0.3, 0.4) is 0 Å². The van der Waals surface area contributed by atoms with E-state index in [-0.39, 0.29) is 24.4 Å². The van der Waals surface area contributed by atoms with Crippen LogP contribution in [0.1, 0.15) is 26.2 Å². The van der Waals surface area contributed by atoms with E-state index < -0.39 is 10.8 Å². The molecule has 1 amide bonds. The van der Waals surface area contributed by atoms with Crippen LogP contribution in [0.5, 0.6) is 11.5 Å². The number of amides is 1. The van der Waals surface area contributed by atoms with Gasteiger partial charge in [-0.25, -0.2) is 0 Å². The third-order valence-electron chi connectivity index (χ3n) is 4.54. The Labute approximate surface area is 163 Å². The number of hydrogen-bond donors (Lipinski definition) is 1. The first-order valence-corrected chi connectivity index (χ1v) is 10.3. The SMILES string of the molecule is CCCN(C(=O)CCS(=O)c1ccc2c(c1)OCCO2)C1CCNC1.Cl. The van der Waals surface area contributed by atoms with Gasteiger partial charge in [0, 0.05) is 42.3 Å². The molecule has 26 heavy (non-hydrogen) atoms. The normalized spacial score (nSPS) is 19.5. The molecule has 2 aliphatic heterocycles. The lowest BCUT2D eigenvalue weighted by Crippen LogP contribution is -2.42. The van der Waals surface area contributed by atoms with Crippen molar-refractivity contribution in [1.82, 2.24) is 10.2 Å². The topological polar surface area (TPSA) is 67.9 Å². The summed E-state index contributed by atoms with van der Waals surface area (Å²) in [5, 5.41) is 3.31. The minimum absolute atomic E-state index is 0. The van der Waals surface area contributed by atoms with Crippen LogP contribution < -0.4 is 14.8 Å². The number of carbonyl (C=O) groups is 1. The first kappa shape index (κ1) is 21.0. The van der Waals surface area contributed by atoms with Crippen LogP contribution in [-0.4, -0.2) is 59.7 Å². The number of benzene rings is 1. The molecular formula is C18H27ClN2O4S. The van der Waals surface area contributed by atoms with Crippen molar-refractivity contribution in [3.05, 3.63) is 18.2 Å². The van der Waals surface area contributed by atoms with Crippen LogP contribution in [-0.2, 0) is 15.6 Å². The fourth-order valence-electron chi connectivity index (χ4n) is 3.26. The Hall–Kier alpha value is -1.31. The van der Waals surface area contributed by atoms with E-state index in [0.717, 1.165) is 32.5 Å². The van der Waals surface area contributed by atoms with Crippen LogP contribution in [0.25, 0.3) is 0 Å². The Bertz CT molecular complexity index is 638. The summed E-state index contributed by atoms with van der Waals surface area (Å²) in [7, 11) is -1.22. The molecule has 1 aromatic carbocycles. The Balaban J connectivity index is 0.00000243. The lowest BCUT2D eigenvalue weighted by atomic mass is 10.2. The lowest BCUT2D eigenvalue weighted by Gasteiger charge is -2.28. The molecule has 6 nitrogen and oxygen atoms in total. The molecule has 146 valence electrons. The highest BCUT2D eigenvalue weighted by atomic mass is 35.5. The van der Waals surface area contributed by atoms with E-state index in [2.05, 4.69) is 12.2 Å². The van der Waals surface area contributed by atoms with Gasteiger partial charge in [0.2, 0.25) is 5.91 Å². The highest BCUT2D eigenvalue weighted by Gasteiger charge is 2.26. The predicted octanol–water partition coefficient (Wildman–Crippen LogP) is 1.98. The van der Waals surface area contributed by atoms with E-state index in [1.165, 1.54) is 0 Å². The van der Waals surface area contributed by atoms with Gasteiger partial charge >= 0.3 is 0 Å². The van der Waals surface area contributed by atoms with Crippen LogP contribution in [0.4, 0.5) is 0 Å². The lowest BCUT2D eigenvalue weighted by molar-refractivity contribution is -0.132. The van der Waals surface area contributed by atoms with Crippen molar-refractivity contribution in [1.29, 1.82) is 0 Å². The number of hydrogen-bond acceptors (Lipinski definition) is 5. The fraction of sp³-hybridized carbons (Fsp3) is 0.611. The Morgan fingerprint density at radius 3 is 2.77 bits per heavy atom. The first-order valence-electron chi connectivity index (χ1n) is 8.97. The summed E-state index contributed by atoms with van der Waals surface area (Å²) in [6.07, 6.45) is 2.24. The van der Waals surface area contributed by atoms with E-state index in [0.29, 0.717) is 41.8 Å². The second kappa shape index (κ2) is 10.1. The molecule has 0 aromatic heterocycles. The van der Waals surface area contributed by atoms with E-state index >= 15 is 0 Å². The molecule has 0 bridgehead atoms. The Kier molecular flexibility index (Phi) is 8.18. The van der Waals surface area contributed by atoms with Crippen molar-refractivity contribution in [3.63, 3.8) is 0 Å². The predicted molar refractivity (Wildman–Crippen MR) is 104 cm³/mol. The summed E-state index contributed by atoms with van der Waals surface area (Å²) in [6.45, 7) is 5.70. The zero-order valence-corrected chi connectivity index (χ0v) is 16.7. The molecule has 3 rings (SSSR count). The molecule has 2 heterocycles. The molecule has 2 aliphatic rings. The van der Waals surface area contributed by atoms with Gasteiger partial charge in [0.1, 0.15) is 13.2 Å². The number of nitrogens with one attached hydrogen (secondary N) is 1. The maximum absolute atomic E-state index is 12.6. The van der Waals surface area contributed by atoms with Crippen molar-refractivity contribution in [2.45, 2.75) is 37.1 Å². The number of rotatable bonds is 7. The second-order valence-corrected chi connectivity index (χ2v) is 7.91. The van der Waals surface area contributed by atoms with Crippen LogP contribution >= 0.6 is 12.4 Å². The highest BCUT2D eigenvalue weighted by molar-refractivity contribution is 7.85. The molecule has 0 aliphatic carbocycles. The fourth-order valence-corrected chi connectivity index (χ4v) is 4.32. The van der Waals surface area contributed by atoms with Gasteiger partial charge < -0.3 is 19.7 Å². The molecule has 2 unspecified atom stereocenters. The van der Waals surface area contributed by atoms with Crippen molar-refractivity contribution < 1.29 is 18.5 Å². The molecule has 1 aromatic rings. The maximum atomic E-state index is 12.6. The number of halogens is 1. The first-order chi connectivity index (χ1) is 12.2. The van der Waals surface area contributed by atoms with Crippen LogP contribution in [0, 0.1) is 0 Å². The maximum Gasteiger partial charge on any atom is 0.223 e. The Morgan fingerprint density at radius 1 is 1.31 bits per heavy atom. The van der Waals surface area contributed by atoms with Gasteiger partial charge in [0.15, 0.2) is 11.5 Å². The summed E-state index contributed by atoms with van der Waals surface area (Å²) in [6, 6.07) is 5.62. The minimum atomic E-state index is -1.22. The van der Waals surface area contributed by atoms with Gasteiger partial charge in [-0.05, 0) is 31.5 Å². The van der Waals surface area contributed by atoms with E-state index in [1.807, 2.05) is 4.90 Å². The second-order valence-electron chi connectivity index (χ2n) is 6.34. The Morgan fingerprint density at radius 2 is 2.08 bits per heavy atom. The van der Waals surface area contributed by atoms with Gasteiger partial charge in [0.25, 0.3) is 0 Å². The third-order valence-corrected chi connectivity index (χ3v) is 5.89. The molecule has 0 saturated carbocycles. The summed E-state index contributed by atoms with van der Waals surface area (Å²) >= 11 is 0. The number of ether oxygens (including phenoxy) is 2. The molecule has 1 saturated heterocycles. The molecule has 0 spiro atoms. The van der Waals surface area contributed by atoms with Crippen LogP contribution in [0.2, 0.25) is 0 Å². The number of fused-ring (bicyclic) bond motifs is 1. The number of carbonyl (C=O) groups excluding carboxylic acids is 1. The zero-order valence-electron chi connectivity index (χ0n) is 15.1. The average Bonchev–Trinajstić information content (AvgIpc) is 3.17. The molecule has 0 radical (unpaired) electrons. The molecular weight excluding hydrogens is 376 g/mol. The van der Waals surface area contributed by atoms with Crippen molar-refractivity contribution in [2.24, 2.45) is 0 Å². The summed E-state index contributed by atoms with van der Waals surface area (Å²) in [5.74, 6) is 1.75. The van der Waals surface area contributed by atoms with Crippen LogP contribution in [0.15, 0.2) is 23.1 Å². The van der Waals surface area contributed by atoms with Crippen molar-refractivity contribution in [3.8, 4) is 11.5 Å². The van der Waals surface area contributed by atoms with E-state index in [1.54, 1.807) is 18.2 Å². The van der Waals surface area contributed by atoms with Gasteiger partial charge in [-0.2, -0.15) is 0 Å². The summed E-state index contributed by atoms with van der Waals surface area (Å²) in [4.78, 5) is 15.2. The molecule has 8 heteroatoms. The minimum Gasteiger partial charge on any atom is -0.486 e. The van der Waals surface area contributed by atoms with Gasteiger partial charge in [-0.1, -0.05) is 6.92 Å². The van der Waals surface area contributed by atoms with Gasteiger partial charge in [-0.3, -0.25) is 9.00 Å². The molecule has 1 fully saturated rings. The standard InChI is InChI=1S/C18H26N2O4S.ClH/c1-2-8-20(14-5-7-19-13-14)18(21)6-11-25(22)15-3-4-16-17(12-15)24-10-9-23-16;/h3-4,12,14,19H,2,5-11,13H2,1H3;1H. The smallest absolute Gasteiger partial charge is 0.223 e. The largest absolute Gasteiger partial charge is 0.486 e. The van der Waals surface area contributed by atoms with Crippen molar-refractivity contribution >= 4 is 29.1 Å². The van der Waals surface area contributed by atoms with Gasteiger partial charge in [-0.15, -0.1) is 12.4 Å².